The highest BCUT2D eigenvalue weighted by molar-refractivity contribution is 5.88. The van der Waals surface area contributed by atoms with Gasteiger partial charge in [-0.25, -0.2) is 4.79 Å². The zero-order chi connectivity index (χ0) is 8.85. The van der Waals surface area contributed by atoms with Crippen molar-refractivity contribution in [2.45, 2.75) is 20.8 Å². The molecule has 0 atom stereocenters. The van der Waals surface area contributed by atoms with Crippen molar-refractivity contribution < 1.29 is 9.90 Å². The number of aromatic amines is 1. The Labute approximate surface area is 65.3 Å². The zero-order valence-electron chi connectivity index (χ0n) is 6.88. The molecule has 0 amide bonds. The maximum Gasteiger partial charge on any atom is 0.339 e. The second-order valence-corrected chi connectivity index (χ2v) is 1.71. The predicted octanol–water partition coefficient (Wildman–Crippen LogP) is 1.44. The number of rotatable bonds is 1. The third-order valence-corrected chi connectivity index (χ3v) is 1.06. The van der Waals surface area contributed by atoms with Crippen molar-refractivity contribution in [2.75, 3.05) is 0 Å². The molecule has 0 aliphatic heterocycles. The van der Waals surface area contributed by atoms with Gasteiger partial charge in [0.15, 0.2) is 0 Å². The van der Waals surface area contributed by atoms with E-state index in [1.165, 1.54) is 6.20 Å². The molecule has 0 saturated heterocycles. The molecule has 0 aliphatic carbocycles. The first-order chi connectivity index (χ1) is 5.22. The Hall–Kier alpha value is -1.32. The molecule has 2 N–H and O–H groups in total. The molecule has 0 bridgehead atoms. The summed E-state index contributed by atoms with van der Waals surface area (Å²) in [5, 5.41) is 14.5. The van der Waals surface area contributed by atoms with Gasteiger partial charge in [-0.15, -0.1) is 0 Å². The first-order valence-electron chi connectivity index (χ1n) is 3.45. The van der Waals surface area contributed by atoms with Crippen LogP contribution in [0.4, 0.5) is 0 Å². The van der Waals surface area contributed by atoms with Crippen molar-refractivity contribution >= 4 is 5.97 Å². The van der Waals surface area contributed by atoms with Crippen molar-refractivity contribution in [3.63, 3.8) is 0 Å². The van der Waals surface area contributed by atoms with E-state index in [-0.39, 0.29) is 5.56 Å². The van der Waals surface area contributed by atoms with E-state index in [1.807, 2.05) is 13.8 Å². The van der Waals surface area contributed by atoms with Crippen LogP contribution in [0.5, 0.6) is 0 Å². The van der Waals surface area contributed by atoms with Crippen molar-refractivity contribution in [2.24, 2.45) is 0 Å². The molecule has 1 aromatic heterocycles. The summed E-state index contributed by atoms with van der Waals surface area (Å²) in [6, 6.07) is 0. The van der Waals surface area contributed by atoms with Crippen LogP contribution in [0.1, 0.15) is 29.9 Å². The number of H-pyrrole nitrogens is 1. The van der Waals surface area contributed by atoms with E-state index in [2.05, 4.69) is 10.2 Å². The zero-order valence-corrected chi connectivity index (χ0v) is 6.88. The largest absolute Gasteiger partial charge is 0.478 e. The third-order valence-electron chi connectivity index (χ3n) is 1.06. The van der Waals surface area contributed by atoms with Crippen LogP contribution in [0, 0.1) is 6.92 Å². The number of aromatic nitrogens is 2. The summed E-state index contributed by atoms with van der Waals surface area (Å²) in [5.41, 5.74) is 0.817. The first-order valence-corrected chi connectivity index (χ1v) is 3.45. The Bertz CT molecular complexity index is 230. The smallest absolute Gasteiger partial charge is 0.339 e. The van der Waals surface area contributed by atoms with E-state index in [0.717, 1.165) is 0 Å². The number of carbonyl (C=O) groups is 1. The average Bonchev–Trinajstić information content (AvgIpc) is 2.39. The molecule has 4 heteroatoms. The lowest BCUT2D eigenvalue weighted by molar-refractivity contribution is 0.0696. The van der Waals surface area contributed by atoms with Crippen LogP contribution in [0.15, 0.2) is 6.20 Å². The number of carboxylic acids is 1. The molecular formula is C7H12N2O2. The van der Waals surface area contributed by atoms with Gasteiger partial charge in [0.25, 0.3) is 0 Å². The summed E-state index contributed by atoms with van der Waals surface area (Å²) in [6.07, 6.45) is 1.29. The number of aromatic carboxylic acids is 1. The molecule has 4 nitrogen and oxygen atoms in total. The van der Waals surface area contributed by atoms with Crippen molar-refractivity contribution in [1.82, 2.24) is 10.2 Å². The van der Waals surface area contributed by atoms with Gasteiger partial charge in [-0.3, -0.25) is 5.10 Å². The number of aryl methyl sites for hydroxylation is 1. The monoisotopic (exact) mass is 156 g/mol. The highest BCUT2D eigenvalue weighted by atomic mass is 16.4. The molecule has 0 aliphatic rings. The normalized spacial score (nSPS) is 8.27. The Balaban J connectivity index is 0.000000461. The van der Waals surface area contributed by atoms with E-state index in [9.17, 15) is 4.79 Å². The topological polar surface area (TPSA) is 66.0 Å². The standard InChI is InChI=1S/C5H6N2O2.C2H6/c1-3-4(5(8)9)2-6-7-3;1-2/h2H,1H3,(H,6,7)(H,8,9);1-2H3. The van der Waals surface area contributed by atoms with Crippen molar-refractivity contribution in [3.8, 4) is 0 Å². The Morgan fingerprint density at radius 3 is 2.36 bits per heavy atom. The molecule has 1 heterocycles. The molecule has 11 heavy (non-hydrogen) atoms. The minimum absolute atomic E-state index is 0.231. The summed E-state index contributed by atoms with van der Waals surface area (Å²) in [6.45, 7) is 5.66. The van der Waals surface area contributed by atoms with E-state index in [0.29, 0.717) is 5.69 Å². The van der Waals surface area contributed by atoms with E-state index in [4.69, 9.17) is 5.11 Å². The minimum atomic E-state index is -0.943. The maximum absolute atomic E-state index is 10.2. The number of carboxylic acid groups (broad SMARTS) is 1. The Morgan fingerprint density at radius 2 is 2.18 bits per heavy atom. The van der Waals surface area contributed by atoms with Gasteiger partial charge in [0.05, 0.1) is 6.20 Å². The van der Waals surface area contributed by atoms with E-state index < -0.39 is 5.97 Å². The van der Waals surface area contributed by atoms with Gasteiger partial charge >= 0.3 is 5.97 Å². The highest BCUT2D eigenvalue weighted by Crippen LogP contribution is 2.00. The van der Waals surface area contributed by atoms with Crippen LogP contribution in [0.3, 0.4) is 0 Å². The van der Waals surface area contributed by atoms with Crippen LogP contribution in [0.2, 0.25) is 0 Å². The fourth-order valence-corrected chi connectivity index (χ4v) is 0.566. The molecular weight excluding hydrogens is 144 g/mol. The lowest BCUT2D eigenvalue weighted by Crippen LogP contribution is -1.95. The van der Waals surface area contributed by atoms with Gasteiger partial charge in [-0.1, -0.05) is 13.8 Å². The lowest BCUT2D eigenvalue weighted by atomic mass is 10.3. The molecule has 0 fully saturated rings. The van der Waals surface area contributed by atoms with Crippen molar-refractivity contribution in [3.05, 3.63) is 17.5 Å². The summed E-state index contributed by atoms with van der Waals surface area (Å²) >= 11 is 0. The van der Waals surface area contributed by atoms with E-state index >= 15 is 0 Å². The average molecular weight is 156 g/mol. The second-order valence-electron chi connectivity index (χ2n) is 1.71. The highest BCUT2D eigenvalue weighted by Gasteiger charge is 2.06. The number of nitrogens with zero attached hydrogens (tertiary/aromatic N) is 1. The molecule has 0 radical (unpaired) electrons. The molecule has 1 aromatic rings. The Morgan fingerprint density at radius 1 is 1.64 bits per heavy atom. The van der Waals surface area contributed by atoms with Crippen LogP contribution < -0.4 is 0 Å². The molecule has 1 rings (SSSR count). The molecule has 0 unspecified atom stereocenters. The maximum atomic E-state index is 10.2. The third kappa shape index (κ3) is 2.41. The van der Waals surface area contributed by atoms with Gasteiger partial charge in [0.1, 0.15) is 5.56 Å². The summed E-state index contributed by atoms with van der Waals surface area (Å²) in [7, 11) is 0. The molecule has 0 saturated carbocycles. The number of hydrogen-bond acceptors (Lipinski definition) is 2. The predicted molar refractivity (Wildman–Crippen MR) is 41.6 cm³/mol. The van der Waals surface area contributed by atoms with Crippen molar-refractivity contribution in [1.29, 1.82) is 0 Å². The second kappa shape index (κ2) is 4.49. The summed E-state index contributed by atoms with van der Waals surface area (Å²) in [4.78, 5) is 10.2. The lowest BCUT2D eigenvalue weighted by Gasteiger charge is -1.85. The molecule has 62 valence electrons. The minimum Gasteiger partial charge on any atom is -0.478 e. The Kier molecular flexibility index (Phi) is 3.95. The van der Waals surface area contributed by atoms with Crippen LogP contribution >= 0.6 is 0 Å². The van der Waals surface area contributed by atoms with Crippen LogP contribution in [-0.2, 0) is 0 Å². The van der Waals surface area contributed by atoms with Gasteiger partial charge in [-0.05, 0) is 6.92 Å². The molecule has 0 aromatic carbocycles. The van der Waals surface area contributed by atoms with Crippen LogP contribution in [-0.4, -0.2) is 21.3 Å². The summed E-state index contributed by atoms with van der Waals surface area (Å²) < 4.78 is 0. The van der Waals surface area contributed by atoms with Gasteiger partial charge in [-0.2, -0.15) is 5.10 Å². The number of hydrogen-bond donors (Lipinski definition) is 2. The first kappa shape index (κ1) is 9.68. The summed E-state index contributed by atoms with van der Waals surface area (Å²) in [5.74, 6) is -0.943. The fourth-order valence-electron chi connectivity index (χ4n) is 0.566. The molecule has 0 spiro atoms. The number of nitrogens with one attached hydrogen (secondary N) is 1. The van der Waals surface area contributed by atoms with E-state index in [1.54, 1.807) is 6.92 Å². The van der Waals surface area contributed by atoms with Gasteiger partial charge in [0, 0.05) is 5.69 Å². The quantitative estimate of drug-likeness (QED) is 0.646. The fraction of sp³-hybridized carbons (Fsp3) is 0.429. The van der Waals surface area contributed by atoms with Crippen LogP contribution in [0.25, 0.3) is 0 Å². The van der Waals surface area contributed by atoms with Gasteiger partial charge < -0.3 is 5.11 Å². The van der Waals surface area contributed by atoms with Gasteiger partial charge in [0.2, 0.25) is 0 Å². The SMILES string of the molecule is CC.Cc1[nH]ncc1C(=O)O.